The molecule has 0 aromatic carbocycles. The Morgan fingerprint density at radius 2 is 2.56 bits per heavy atom. The van der Waals surface area contributed by atoms with E-state index >= 15 is 0 Å². The highest BCUT2D eigenvalue weighted by Gasteiger charge is 2.62. The zero-order valence-electron chi connectivity index (χ0n) is 5.05. The molecule has 1 saturated carbocycles. The van der Waals surface area contributed by atoms with Gasteiger partial charge in [0.25, 0.3) is 0 Å². The fourth-order valence-electron chi connectivity index (χ4n) is 1.67. The van der Waals surface area contributed by atoms with E-state index in [9.17, 15) is 4.79 Å². The number of carbonyl (C=O) groups is 1. The molecule has 0 amide bonds. The highest BCUT2D eigenvalue weighted by Crippen LogP contribution is 2.54. The van der Waals surface area contributed by atoms with E-state index in [4.69, 9.17) is 5.11 Å². The van der Waals surface area contributed by atoms with Crippen LogP contribution in [0.4, 0.5) is 0 Å². The van der Waals surface area contributed by atoms with Crippen molar-refractivity contribution in [3.05, 3.63) is 0 Å². The SMILES string of the molecule is O=C(O)[C@@]12CNC[C@@H]1C2. The Bertz CT molecular complexity index is 168. The first-order chi connectivity index (χ1) is 4.26. The lowest BCUT2D eigenvalue weighted by atomic mass is 10.1. The average molecular weight is 127 g/mol. The molecule has 2 rings (SSSR count). The second-order valence-electron chi connectivity index (χ2n) is 2.99. The summed E-state index contributed by atoms with van der Waals surface area (Å²) in [4.78, 5) is 10.5. The quantitative estimate of drug-likeness (QED) is 0.507. The van der Waals surface area contributed by atoms with E-state index in [1.54, 1.807) is 0 Å². The van der Waals surface area contributed by atoms with Crippen molar-refractivity contribution in [1.29, 1.82) is 0 Å². The van der Waals surface area contributed by atoms with Crippen molar-refractivity contribution in [3.8, 4) is 0 Å². The Hall–Kier alpha value is -0.570. The number of aliphatic carboxylic acids is 1. The topological polar surface area (TPSA) is 49.3 Å². The van der Waals surface area contributed by atoms with E-state index in [0.717, 1.165) is 13.0 Å². The van der Waals surface area contributed by atoms with Gasteiger partial charge in [0.2, 0.25) is 0 Å². The van der Waals surface area contributed by atoms with Gasteiger partial charge in [-0.05, 0) is 18.9 Å². The Labute approximate surface area is 53.1 Å². The molecule has 0 bridgehead atoms. The number of carboxylic acids is 1. The number of fused-ring (bicyclic) bond motifs is 1. The van der Waals surface area contributed by atoms with Crippen molar-refractivity contribution < 1.29 is 9.90 Å². The van der Waals surface area contributed by atoms with Gasteiger partial charge in [-0.2, -0.15) is 0 Å². The molecule has 0 spiro atoms. The van der Waals surface area contributed by atoms with Gasteiger partial charge in [-0.1, -0.05) is 0 Å². The number of piperidine rings is 1. The summed E-state index contributed by atoms with van der Waals surface area (Å²) in [6, 6.07) is 0. The molecule has 0 aromatic heterocycles. The molecular formula is C6H9NO2. The Balaban J connectivity index is 2.19. The first kappa shape index (κ1) is 5.23. The van der Waals surface area contributed by atoms with Crippen LogP contribution in [-0.4, -0.2) is 24.2 Å². The molecule has 1 aliphatic heterocycles. The van der Waals surface area contributed by atoms with Gasteiger partial charge in [-0.15, -0.1) is 0 Å². The van der Waals surface area contributed by atoms with Crippen molar-refractivity contribution >= 4 is 5.97 Å². The van der Waals surface area contributed by atoms with Crippen LogP contribution in [0, 0.1) is 11.3 Å². The van der Waals surface area contributed by atoms with Crippen molar-refractivity contribution in [2.24, 2.45) is 11.3 Å². The van der Waals surface area contributed by atoms with Gasteiger partial charge >= 0.3 is 5.97 Å². The molecule has 2 aliphatic rings. The molecule has 9 heavy (non-hydrogen) atoms. The van der Waals surface area contributed by atoms with Crippen LogP contribution in [0.25, 0.3) is 0 Å². The summed E-state index contributed by atoms with van der Waals surface area (Å²) in [5, 5.41) is 11.7. The molecule has 2 N–H and O–H groups in total. The smallest absolute Gasteiger partial charge is 0.311 e. The lowest BCUT2D eigenvalue weighted by molar-refractivity contribution is -0.143. The Morgan fingerprint density at radius 3 is 2.78 bits per heavy atom. The number of rotatable bonds is 1. The van der Waals surface area contributed by atoms with Gasteiger partial charge < -0.3 is 10.4 Å². The predicted octanol–water partition coefficient (Wildman–Crippen LogP) is -0.319. The van der Waals surface area contributed by atoms with E-state index in [1.165, 1.54) is 0 Å². The summed E-state index contributed by atoms with van der Waals surface area (Å²) in [6.07, 6.45) is 0.898. The molecule has 0 unspecified atom stereocenters. The summed E-state index contributed by atoms with van der Waals surface area (Å²) in [5.74, 6) is -0.174. The van der Waals surface area contributed by atoms with Crippen molar-refractivity contribution in [3.63, 3.8) is 0 Å². The van der Waals surface area contributed by atoms with Crippen LogP contribution in [0.15, 0.2) is 0 Å². The van der Waals surface area contributed by atoms with Crippen LogP contribution >= 0.6 is 0 Å². The van der Waals surface area contributed by atoms with Crippen LogP contribution in [-0.2, 0) is 4.79 Å². The lowest BCUT2D eigenvalue weighted by Gasteiger charge is -2.01. The van der Waals surface area contributed by atoms with Gasteiger partial charge in [0, 0.05) is 6.54 Å². The fourth-order valence-corrected chi connectivity index (χ4v) is 1.67. The summed E-state index contributed by atoms with van der Waals surface area (Å²) < 4.78 is 0. The van der Waals surface area contributed by atoms with Gasteiger partial charge in [-0.3, -0.25) is 4.79 Å². The molecule has 50 valence electrons. The van der Waals surface area contributed by atoms with Crippen molar-refractivity contribution in [2.75, 3.05) is 13.1 Å². The molecular weight excluding hydrogens is 118 g/mol. The standard InChI is InChI=1S/C6H9NO2/c8-5(9)6-1-4(6)2-7-3-6/h4,7H,1-3H2,(H,8,9)/t4-,6-/m0/s1. The zero-order chi connectivity index (χ0) is 6.48. The van der Waals surface area contributed by atoms with Gasteiger partial charge in [0.05, 0.1) is 5.41 Å². The Kier molecular flexibility index (Phi) is 0.750. The highest BCUT2D eigenvalue weighted by molar-refractivity contribution is 5.79. The molecule has 3 heteroatoms. The zero-order valence-corrected chi connectivity index (χ0v) is 5.05. The third-order valence-corrected chi connectivity index (χ3v) is 2.49. The first-order valence-electron chi connectivity index (χ1n) is 3.20. The average Bonchev–Trinajstić information content (AvgIpc) is 2.38. The third-order valence-electron chi connectivity index (χ3n) is 2.49. The number of nitrogens with one attached hydrogen (secondary N) is 1. The summed E-state index contributed by atoms with van der Waals surface area (Å²) in [5.41, 5.74) is -0.333. The second-order valence-corrected chi connectivity index (χ2v) is 2.99. The normalized spacial score (nSPS) is 46.4. The van der Waals surface area contributed by atoms with E-state index in [2.05, 4.69) is 5.32 Å². The maximum atomic E-state index is 10.5. The second kappa shape index (κ2) is 1.29. The van der Waals surface area contributed by atoms with Gasteiger partial charge in [-0.25, -0.2) is 0 Å². The number of hydrogen-bond acceptors (Lipinski definition) is 2. The van der Waals surface area contributed by atoms with Crippen molar-refractivity contribution in [2.45, 2.75) is 6.42 Å². The number of hydrogen-bond donors (Lipinski definition) is 2. The minimum Gasteiger partial charge on any atom is -0.481 e. The summed E-state index contributed by atoms with van der Waals surface area (Å²) >= 11 is 0. The largest absolute Gasteiger partial charge is 0.481 e. The van der Waals surface area contributed by atoms with E-state index in [0.29, 0.717) is 12.5 Å². The maximum absolute atomic E-state index is 10.5. The molecule has 1 heterocycles. The van der Waals surface area contributed by atoms with Crippen molar-refractivity contribution in [1.82, 2.24) is 5.32 Å². The highest BCUT2D eigenvalue weighted by atomic mass is 16.4. The molecule has 2 fully saturated rings. The van der Waals surface area contributed by atoms with E-state index < -0.39 is 5.97 Å². The van der Waals surface area contributed by atoms with Crippen LogP contribution < -0.4 is 5.32 Å². The molecule has 2 atom stereocenters. The lowest BCUT2D eigenvalue weighted by Crippen LogP contribution is -2.23. The molecule has 1 saturated heterocycles. The molecule has 0 radical (unpaired) electrons. The van der Waals surface area contributed by atoms with Crippen LogP contribution in [0.1, 0.15) is 6.42 Å². The minimum atomic E-state index is -0.613. The third kappa shape index (κ3) is 0.477. The van der Waals surface area contributed by atoms with Gasteiger partial charge in [0.15, 0.2) is 0 Å². The Morgan fingerprint density at radius 1 is 1.78 bits per heavy atom. The van der Waals surface area contributed by atoms with Gasteiger partial charge in [0.1, 0.15) is 0 Å². The van der Waals surface area contributed by atoms with E-state index in [-0.39, 0.29) is 5.41 Å². The monoisotopic (exact) mass is 127 g/mol. The number of carboxylic acid groups (broad SMARTS) is 1. The van der Waals surface area contributed by atoms with Crippen LogP contribution in [0.3, 0.4) is 0 Å². The molecule has 1 aliphatic carbocycles. The first-order valence-corrected chi connectivity index (χ1v) is 3.20. The molecule has 0 aromatic rings. The van der Waals surface area contributed by atoms with Crippen LogP contribution in [0.2, 0.25) is 0 Å². The van der Waals surface area contributed by atoms with E-state index in [1.807, 2.05) is 0 Å². The fraction of sp³-hybridized carbons (Fsp3) is 0.833. The summed E-state index contributed by atoms with van der Waals surface area (Å²) in [6.45, 7) is 1.60. The summed E-state index contributed by atoms with van der Waals surface area (Å²) in [7, 11) is 0. The maximum Gasteiger partial charge on any atom is 0.311 e. The minimum absolute atomic E-state index is 0.333. The predicted molar refractivity (Wildman–Crippen MR) is 31.0 cm³/mol. The molecule has 3 nitrogen and oxygen atoms in total. The van der Waals surface area contributed by atoms with Crippen LogP contribution in [0.5, 0.6) is 0 Å².